The van der Waals surface area contributed by atoms with E-state index < -0.39 is 0 Å². The quantitative estimate of drug-likeness (QED) is 0.837. The summed E-state index contributed by atoms with van der Waals surface area (Å²) in [6.45, 7) is 4.10. The monoisotopic (exact) mass is 283 g/mol. The van der Waals surface area contributed by atoms with E-state index in [0.717, 1.165) is 15.5 Å². The Labute approximate surface area is 116 Å². The number of benzene rings is 1. The van der Waals surface area contributed by atoms with E-state index in [2.05, 4.69) is 12.2 Å². The van der Waals surface area contributed by atoms with Crippen LogP contribution >= 0.6 is 22.9 Å². The summed E-state index contributed by atoms with van der Waals surface area (Å²) in [5.74, 6) is -0.201. The van der Waals surface area contributed by atoms with Gasteiger partial charge in [0.25, 0.3) is 0 Å². The molecule has 0 aliphatic rings. The number of nitrogens with one attached hydrogen (secondary N) is 1. The zero-order valence-electron chi connectivity index (χ0n) is 10.3. The van der Waals surface area contributed by atoms with Crippen molar-refractivity contribution in [1.82, 2.24) is 5.32 Å². The van der Waals surface area contributed by atoms with E-state index >= 15 is 0 Å². The van der Waals surface area contributed by atoms with Crippen molar-refractivity contribution in [3.05, 3.63) is 57.0 Å². The molecular formula is C14H15ClFNS. The van der Waals surface area contributed by atoms with Crippen LogP contribution in [0.1, 0.15) is 37.1 Å². The van der Waals surface area contributed by atoms with Crippen molar-refractivity contribution in [3.8, 4) is 0 Å². The molecule has 0 bridgehead atoms. The molecule has 2 aromatic rings. The fourth-order valence-corrected chi connectivity index (χ4v) is 2.88. The molecule has 0 spiro atoms. The van der Waals surface area contributed by atoms with Gasteiger partial charge in [-0.15, -0.1) is 11.3 Å². The van der Waals surface area contributed by atoms with E-state index in [1.54, 1.807) is 12.1 Å². The molecule has 1 nitrogen and oxygen atoms in total. The first-order valence-electron chi connectivity index (χ1n) is 5.81. The number of hydrogen-bond donors (Lipinski definition) is 1. The Morgan fingerprint density at radius 3 is 2.50 bits per heavy atom. The van der Waals surface area contributed by atoms with Crippen molar-refractivity contribution in [2.75, 3.05) is 0 Å². The van der Waals surface area contributed by atoms with Crippen molar-refractivity contribution >= 4 is 22.9 Å². The van der Waals surface area contributed by atoms with Gasteiger partial charge >= 0.3 is 0 Å². The minimum absolute atomic E-state index is 0.0920. The molecule has 2 atom stereocenters. The van der Waals surface area contributed by atoms with Gasteiger partial charge in [0.2, 0.25) is 0 Å². The number of rotatable bonds is 4. The minimum Gasteiger partial charge on any atom is -0.304 e. The molecule has 1 N–H and O–H groups in total. The van der Waals surface area contributed by atoms with Crippen LogP contribution in [0.3, 0.4) is 0 Å². The van der Waals surface area contributed by atoms with E-state index in [0.29, 0.717) is 0 Å². The molecule has 0 saturated heterocycles. The van der Waals surface area contributed by atoms with Crippen LogP contribution < -0.4 is 5.32 Å². The highest BCUT2D eigenvalue weighted by molar-refractivity contribution is 7.14. The summed E-state index contributed by atoms with van der Waals surface area (Å²) in [6.07, 6.45) is 0. The normalized spacial score (nSPS) is 14.4. The first-order chi connectivity index (χ1) is 8.56. The van der Waals surface area contributed by atoms with Gasteiger partial charge in [0.1, 0.15) is 5.82 Å². The van der Waals surface area contributed by atoms with Crippen molar-refractivity contribution in [1.29, 1.82) is 0 Å². The summed E-state index contributed by atoms with van der Waals surface area (Å²) in [4.78, 5) is 0. The molecule has 4 heteroatoms. The summed E-state index contributed by atoms with van der Waals surface area (Å²) in [7, 11) is 0. The lowest BCUT2D eigenvalue weighted by molar-refractivity contribution is 0.493. The maximum absolute atomic E-state index is 13.1. The Morgan fingerprint density at radius 2 is 1.89 bits per heavy atom. The Morgan fingerprint density at radius 1 is 1.17 bits per heavy atom. The summed E-state index contributed by atoms with van der Waals surface area (Å²) in [5.41, 5.74) is 2.11. The van der Waals surface area contributed by atoms with Gasteiger partial charge in [-0.2, -0.15) is 0 Å². The highest BCUT2D eigenvalue weighted by atomic mass is 35.5. The summed E-state index contributed by atoms with van der Waals surface area (Å²) in [5, 5.41) is 5.47. The molecule has 0 radical (unpaired) electrons. The fourth-order valence-electron chi connectivity index (χ4n) is 1.89. The van der Waals surface area contributed by atoms with E-state index in [1.807, 2.05) is 24.4 Å². The second-order valence-electron chi connectivity index (χ2n) is 4.35. The molecule has 1 unspecified atom stereocenters. The van der Waals surface area contributed by atoms with Crippen LogP contribution in [0.5, 0.6) is 0 Å². The SMILES string of the molecule is CC(N[C@@H](C)c1cccc(F)c1)c1csc(Cl)c1. The predicted octanol–water partition coefficient (Wildman–Crippen LogP) is 4.95. The van der Waals surface area contributed by atoms with Crippen LogP contribution in [-0.2, 0) is 0 Å². The average Bonchev–Trinajstić information content (AvgIpc) is 2.76. The number of halogens is 2. The zero-order valence-corrected chi connectivity index (χ0v) is 11.9. The van der Waals surface area contributed by atoms with Gasteiger partial charge in [0.05, 0.1) is 4.34 Å². The Hall–Kier alpha value is -0.900. The standard InChI is InChI=1S/C14H15ClFNS/c1-9(11-4-3-5-13(16)6-11)17-10(2)12-7-14(15)18-8-12/h3-10,17H,1-2H3/t9-,10?/m0/s1. The highest BCUT2D eigenvalue weighted by Gasteiger charge is 2.12. The lowest BCUT2D eigenvalue weighted by Crippen LogP contribution is -2.22. The summed E-state index contributed by atoms with van der Waals surface area (Å²) < 4.78 is 13.9. The van der Waals surface area contributed by atoms with E-state index in [4.69, 9.17) is 11.6 Å². The van der Waals surface area contributed by atoms with Crippen molar-refractivity contribution < 1.29 is 4.39 Å². The molecule has 0 saturated carbocycles. The number of thiophene rings is 1. The van der Waals surface area contributed by atoms with Crippen LogP contribution in [0.25, 0.3) is 0 Å². The van der Waals surface area contributed by atoms with Crippen LogP contribution in [0.4, 0.5) is 4.39 Å². The maximum atomic E-state index is 13.1. The predicted molar refractivity (Wildman–Crippen MR) is 75.7 cm³/mol. The van der Waals surface area contributed by atoms with E-state index in [-0.39, 0.29) is 17.9 Å². The first kappa shape index (κ1) is 13.5. The van der Waals surface area contributed by atoms with Gasteiger partial charge in [-0.25, -0.2) is 4.39 Å². The minimum atomic E-state index is -0.201. The van der Waals surface area contributed by atoms with Gasteiger partial charge in [-0.3, -0.25) is 0 Å². The van der Waals surface area contributed by atoms with Gasteiger partial charge < -0.3 is 5.32 Å². The summed E-state index contributed by atoms with van der Waals surface area (Å²) >= 11 is 7.44. The largest absolute Gasteiger partial charge is 0.304 e. The highest BCUT2D eigenvalue weighted by Crippen LogP contribution is 2.26. The number of hydrogen-bond acceptors (Lipinski definition) is 2. The van der Waals surface area contributed by atoms with Crippen molar-refractivity contribution in [3.63, 3.8) is 0 Å². The Balaban J connectivity index is 2.05. The average molecular weight is 284 g/mol. The first-order valence-corrected chi connectivity index (χ1v) is 7.07. The molecule has 1 aromatic heterocycles. The third-order valence-electron chi connectivity index (χ3n) is 2.94. The molecule has 0 amide bonds. The van der Waals surface area contributed by atoms with E-state index in [1.165, 1.54) is 17.4 Å². The van der Waals surface area contributed by atoms with Crippen LogP contribution in [0, 0.1) is 5.82 Å². The van der Waals surface area contributed by atoms with Crippen molar-refractivity contribution in [2.45, 2.75) is 25.9 Å². The molecule has 0 aliphatic carbocycles. The molecule has 96 valence electrons. The Kier molecular flexibility index (Phi) is 4.38. The second-order valence-corrected chi connectivity index (χ2v) is 5.89. The smallest absolute Gasteiger partial charge is 0.123 e. The second kappa shape index (κ2) is 5.83. The molecule has 0 fully saturated rings. The molecule has 1 aromatic carbocycles. The lowest BCUT2D eigenvalue weighted by atomic mass is 10.1. The Bertz CT molecular complexity index is 526. The maximum Gasteiger partial charge on any atom is 0.123 e. The van der Waals surface area contributed by atoms with Crippen molar-refractivity contribution in [2.24, 2.45) is 0 Å². The molecule has 2 rings (SSSR count). The molecule has 1 heterocycles. The molecule has 18 heavy (non-hydrogen) atoms. The topological polar surface area (TPSA) is 12.0 Å². The van der Waals surface area contributed by atoms with Gasteiger partial charge in [-0.05, 0) is 48.6 Å². The van der Waals surface area contributed by atoms with Gasteiger partial charge in [-0.1, -0.05) is 23.7 Å². The van der Waals surface area contributed by atoms with Gasteiger partial charge in [0.15, 0.2) is 0 Å². The lowest BCUT2D eigenvalue weighted by Gasteiger charge is -2.19. The third kappa shape index (κ3) is 3.31. The molecule has 0 aliphatic heterocycles. The van der Waals surface area contributed by atoms with Crippen LogP contribution in [0.15, 0.2) is 35.7 Å². The van der Waals surface area contributed by atoms with E-state index in [9.17, 15) is 4.39 Å². The third-order valence-corrected chi connectivity index (χ3v) is 4.05. The van der Waals surface area contributed by atoms with Gasteiger partial charge in [0, 0.05) is 12.1 Å². The summed E-state index contributed by atoms with van der Waals surface area (Å²) in [6, 6.07) is 8.91. The zero-order chi connectivity index (χ0) is 13.1. The molecular weight excluding hydrogens is 269 g/mol. The fraction of sp³-hybridized carbons (Fsp3) is 0.286. The van der Waals surface area contributed by atoms with Crippen LogP contribution in [0.2, 0.25) is 4.34 Å². The van der Waals surface area contributed by atoms with Crippen LogP contribution in [-0.4, -0.2) is 0 Å².